The van der Waals surface area contributed by atoms with Gasteiger partial charge in [-0.2, -0.15) is 16.9 Å². The van der Waals surface area contributed by atoms with Crippen LogP contribution < -0.4 is 0 Å². The number of aryl methyl sites for hydroxylation is 2. The molecule has 1 aromatic rings. The normalized spacial score (nSPS) is 12.5. The van der Waals surface area contributed by atoms with Crippen molar-refractivity contribution in [3.63, 3.8) is 0 Å². The van der Waals surface area contributed by atoms with E-state index < -0.39 is 0 Å². The van der Waals surface area contributed by atoms with Crippen LogP contribution in [0.5, 0.6) is 0 Å². The van der Waals surface area contributed by atoms with Crippen LogP contribution in [0.4, 0.5) is 0 Å². The monoisotopic (exact) mass is 276 g/mol. The van der Waals surface area contributed by atoms with E-state index in [-0.39, 0.29) is 11.9 Å². The molecular weight excluding hydrogens is 260 g/mol. The summed E-state index contributed by atoms with van der Waals surface area (Å²) in [6, 6.07) is 0. The van der Waals surface area contributed by atoms with Crippen molar-refractivity contribution in [2.75, 3.05) is 12.9 Å². The minimum absolute atomic E-state index is 0.0990. The van der Waals surface area contributed by atoms with Crippen LogP contribution in [0.15, 0.2) is 0 Å². The highest BCUT2D eigenvalue weighted by Gasteiger charge is 2.15. The van der Waals surface area contributed by atoms with Gasteiger partial charge >= 0.3 is 5.97 Å². The Kier molecular flexibility index (Phi) is 5.33. The van der Waals surface area contributed by atoms with Gasteiger partial charge in [-0.15, -0.1) is 0 Å². The first kappa shape index (κ1) is 14.4. The van der Waals surface area contributed by atoms with E-state index in [1.807, 2.05) is 20.9 Å². The Balaban J connectivity index is 2.49. The smallest absolute Gasteiger partial charge is 0.309 e. The van der Waals surface area contributed by atoms with Gasteiger partial charge in [0.15, 0.2) is 0 Å². The lowest BCUT2D eigenvalue weighted by molar-refractivity contribution is -0.143. The molecule has 1 atom stereocenters. The van der Waals surface area contributed by atoms with E-state index in [2.05, 4.69) is 9.84 Å². The summed E-state index contributed by atoms with van der Waals surface area (Å²) in [7, 11) is 3.28. The number of thioether (sulfide) groups is 1. The van der Waals surface area contributed by atoms with Gasteiger partial charge in [0.2, 0.25) is 0 Å². The molecule has 0 saturated carbocycles. The van der Waals surface area contributed by atoms with E-state index in [4.69, 9.17) is 11.6 Å². The molecule has 0 aliphatic rings. The van der Waals surface area contributed by atoms with E-state index in [1.54, 1.807) is 16.4 Å². The third kappa shape index (κ3) is 3.64. The van der Waals surface area contributed by atoms with Gasteiger partial charge in [0.1, 0.15) is 0 Å². The molecule has 4 nitrogen and oxygen atoms in total. The van der Waals surface area contributed by atoms with E-state index >= 15 is 0 Å². The van der Waals surface area contributed by atoms with Crippen molar-refractivity contribution in [2.24, 2.45) is 13.0 Å². The van der Waals surface area contributed by atoms with Crippen molar-refractivity contribution in [1.82, 2.24) is 9.78 Å². The van der Waals surface area contributed by atoms with Crippen molar-refractivity contribution >= 4 is 29.3 Å². The molecule has 0 N–H and O–H groups in total. The molecule has 0 radical (unpaired) electrons. The number of hydrogen-bond acceptors (Lipinski definition) is 4. The first-order valence-electron chi connectivity index (χ1n) is 5.31. The summed E-state index contributed by atoms with van der Waals surface area (Å²) in [5, 5.41) is 4.95. The molecule has 0 amide bonds. The van der Waals surface area contributed by atoms with Crippen molar-refractivity contribution in [1.29, 1.82) is 0 Å². The van der Waals surface area contributed by atoms with Gasteiger partial charge < -0.3 is 4.74 Å². The molecular formula is C11H17ClN2O2S. The zero-order valence-electron chi connectivity index (χ0n) is 10.5. The maximum atomic E-state index is 11.2. The molecule has 0 fully saturated rings. The molecule has 1 rings (SSSR count). The number of esters is 1. The second kappa shape index (κ2) is 6.31. The molecule has 1 heterocycles. The molecule has 1 aromatic heterocycles. The van der Waals surface area contributed by atoms with Crippen molar-refractivity contribution in [3.05, 3.63) is 16.4 Å². The topological polar surface area (TPSA) is 44.1 Å². The van der Waals surface area contributed by atoms with Gasteiger partial charge in [0.05, 0.1) is 29.4 Å². The first-order chi connectivity index (χ1) is 7.97. The predicted molar refractivity (Wildman–Crippen MR) is 70.3 cm³/mol. The number of nitrogens with zero attached hydrogens (tertiary/aromatic N) is 2. The number of hydrogen-bond donors (Lipinski definition) is 0. The molecule has 17 heavy (non-hydrogen) atoms. The molecule has 6 heteroatoms. The highest BCUT2D eigenvalue weighted by molar-refractivity contribution is 7.98. The third-order valence-corrected chi connectivity index (χ3v) is 4.18. The van der Waals surface area contributed by atoms with Crippen LogP contribution in [0.2, 0.25) is 5.02 Å². The summed E-state index contributed by atoms with van der Waals surface area (Å²) in [5.74, 6) is 1.19. The Bertz CT molecular complexity index is 406. The van der Waals surface area contributed by atoms with Crippen LogP contribution in [-0.4, -0.2) is 28.6 Å². The second-order valence-electron chi connectivity index (χ2n) is 3.91. The highest BCUT2D eigenvalue weighted by Crippen LogP contribution is 2.24. The van der Waals surface area contributed by atoms with E-state index in [9.17, 15) is 4.79 Å². The number of carbonyl (C=O) groups excluding carboxylic acids is 1. The molecule has 0 saturated heterocycles. The molecule has 0 aliphatic carbocycles. The van der Waals surface area contributed by atoms with Gasteiger partial charge in [-0.05, 0) is 6.92 Å². The Morgan fingerprint density at radius 3 is 2.76 bits per heavy atom. The van der Waals surface area contributed by atoms with E-state index in [1.165, 1.54) is 7.11 Å². The fraction of sp³-hybridized carbons (Fsp3) is 0.636. The molecule has 0 aliphatic heterocycles. The summed E-state index contributed by atoms with van der Waals surface area (Å²) < 4.78 is 6.46. The van der Waals surface area contributed by atoms with Gasteiger partial charge in [-0.1, -0.05) is 18.5 Å². The maximum absolute atomic E-state index is 11.2. The molecule has 1 unspecified atom stereocenters. The standard InChI is InChI=1S/C11H17ClN2O2S/c1-7(11(15)16-4)5-17-6-9-10(12)8(2)13-14(9)3/h7H,5-6H2,1-4H3. The average molecular weight is 277 g/mol. The zero-order valence-corrected chi connectivity index (χ0v) is 12.1. The fourth-order valence-electron chi connectivity index (χ4n) is 1.44. The summed E-state index contributed by atoms with van der Waals surface area (Å²) in [6.45, 7) is 3.74. The number of ether oxygens (including phenoxy) is 1. The van der Waals surface area contributed by atoms with Gasteiger partial charge in [-0.25, -0.2) is 0 Å². The zero-order chi connectivity index (χ0) is 13.0. The number of halogens is 1. The van der Waals surface area contributed by atoms with Crippen LogP contribution in [-0.2, 0) is 22.3 Å². The van der Waals surface area contributed by atoms with Crippen molar-refractivity contribution < 1.29 is 9.53 Å². The number of methoxy groups -OCH3 is 1. The number of carbonyl (C=O) groups is 1. The quantitative estimate of drug-likeness (QED) is 0.775. The molecule has 0 aromatic carbocycles. The summed E-state index contributed by atoms with van der Waals surface area (Å²) in [4.78, 5) is 11.2. The Morgan fingerprint density at radius 2 is 2.29 bits per heavy atom. The fourth-order valence-corrected chi connectivity index (χ4v) is 2.88. The number of aromatic nitrogens is 2. The second-order valence-corrected chi connectivity index (χ2v) is 5.32. The lowest BCUT2D eigenvalue weighted by Gasteiger charge is -2.08. The summed E-state index contributed by atoms with van der Waals surface area (Å²) in [6.07, 6.45) is 0. The van der Waals surface area contributed by atoms with E-state index in [0.29, 0.717) is 10.8 Å². The Hall–Kier alpha value is -0.680. The minimum atomic E-state index is -0.176. The van der Waals surface area contributed by atoms with Crippen LogP contribution in [0.1, 0.15) is 18.3 Å². The lowest BCUT2D eigenvalue weighted by Crippen LogP contribution is -2.15. The van der Waals surface area contributed by atoms with Gasteiger partial charge in [0, 0.05) is 18.6 Å². The Morgan fingerprint density at radius 1 is 1.65 bits per heavy atom. The summed E-state index contributed by atoms with van der Waals surface area (Å²) in [5.41, 5.74) is 1.83. The molecule has 96 valence electrons. The first-order valence-corrected chi connectivity index (χ1v) is 6.84. The molecule has 0 spiro atoms. The van der Waals surface area contributed by atoms with Crippen LogP contribution in [0.25, 0.3) is 0 Å². The van der Waals surface area contributed by atoms with E-state index in [0.717, 1.165) is 17.1 Å². The van der Waals surface area contributed by atoms with Crippen LogP contribution in [0, 0.1) is 12.8 Å². The third-order valence-electron chi connectivity index (χ3n) is 2.47. The van der Waals surface area contributed by atoms with Crippen LogP contribution >= 0.6 is 23.4 Å². The Labute approximate surface area is 111 Å². The average Bonchev–Trinajstić information content (AvgIpc) is 2.54. The van der Waals surface area contributed by atoms with Gasteiger partial charge in [0.25, 0.3) is 0 Å². The largest absolute Gasteiger partial charge is 0.469 e. The highest BCUT2D eigenvalue weighted by atomic mass is 35.5. The molecule has 0 bridgehead atoms. The van der Waals surface area contributed by atoms with Crippen molar-refractivity contribution in [2.45, 2.75) is 19.6 Å². The minimum Gasteiger partial charge on any atom is -0.469 e. The summed E-state index contributed by atoms with van der Waals surface area (Å²) >= 11 is 7.78. The number of rotatable bonds is 5. The van der Waals surface area contributed by atoms with Gasteiger partial charge in [-0.3, -0.25) is 9.48 Å². The van der Waals surface area contributed by atoms with Crippen molar-refractivity contribution in [3.8, 4) is 0 Å². The predicted octanol–water partition coefficient (Wildman–Crippen LogP) is 2.42. The SMILES string of the molecule is COC(=O)C(C)CSCc1c(Cl)c(C)nn1C. The maximum Gasteiger partial charge on any atom is 0.309 e. The van der Waals surface area contributed by atoms with Crippen LogP contribution in [0.3, 0.4) is 0 Å². The lowest BCUT2D eigenvalue weighted by atomic mass is 10.2.